The van der Waals surface area contributed by atoms with Crippen LogP contribution < -0.4 is 10.5 Å². The molecule has 3 nitrogen and oxygen atoms in total. The van der Waals surface area contributed by atoms with Crippen LogP contribution in [-0.4, -0.2) is 4.98 Å². The minimum absolute atomic E-state index is 0.0663. The monoisotopic (exact) mass is 246 g/mol. The number of nitrogens with two attached hydrogens (primary N) is 1. The highest BCUT2D eigenvalue weighted by molar-refractivity contribution is 5.31. The summed E-state index contributed by atoms with van der Waals surface area (Å²) in [6, 6.07) is 8.22. The topological polar surface area (TPSA) is 48.1 Å². The molecule has 1 aromatic heterocycles. The molecule has 0 bridgehead atoms. The van der Waals surface area contributed by atoms with E-state index in [1.165, 1.54) is 6.07 Å². The normalized spacial score (nSPS) is 12.2. The fourth-order valence-electron chi connectivity index (χ4n) is 1.48. The molecule has 94 valence electrons. The standard InChI is InChI=1S/C14H15FN2O/c1-9-3-5-12(7-13(9)15)18-14-6-4-11(8-17-14)10(2)16/h3-8,10H,16H2,1-2H3. The fourth-order valence-corrected chi connectivity index (χ4v) is 1.48. The summed E-state index contributed by atoms with van der Waals surface area (Å²) in [5.74, 6) is 0.557. The fraction of sp³-hybridized carbons (Fsp3) is 0.214. The molecule has 1 atom stereocenters. The maximum atomic E-state index is 13.3. The SMILES string of the molecule is Cc1ccc(Oc2ccc(C(C)N)cn2)cc1F. The molecule has 1 unspecified atom stereocenters. The average molecular weight is 246 g/mol. The first-order chi connectivity index (χ1) is 8.56. The number of halogens is 1. The van der Waals surface area contributed by atoms with Crippen molar-refractivity contribution in [1.29, 1.82) is 0 Å². The summed E-state index contributed by atoms with van der Waals surface area (Å²) in [4.78, 5) is 4.12. The van der Waals surface area contributed by atoms with Crippen LogP contribution >= 0.6 is 0 Å². The van der Waals surface area contributed by atoms with Gasteiger partial charge in [-0.05, 0) is 31.0 Å². The molecule has 0 spiro atoms. The molecule has 0 amide bonds. The van der Waals surface area contributed by atoms with Gasteiger partial charge < -0.3 is 10.5 Å². The van der Waals surface area contributed by atoms with Crippen LogP contribution in [0.1, 0.15) is 24.1 Å². The van der Waals surface area contributed by atoms with Gasteiger partial charge in [0.25, 0.3) is 0 Å². The van der Waals surface area contributed by atoms with Gasteiger partial charge in [0.05, 0.1) is 0 Å². The summed E-state index contributed by atoms with van der Waals surface area (Å²) < 4.78 is 18.8. The molecule has 4 heteroatoms. The average Bonchev–Trinajstić information content (AvgIpc) is 2.34. The van der Waals surface area contributed by atoms with E-state index in [1.807, 2.05) is 13.0 Å². The van der Waals surface area contributed by atoms with Crippen molar-refractivity contribution in [2.24, 2.45) is 5.73 Å². The number of benzene rings is 1. The van der Waals surface area contributed by atoms with Crippen LogP contribution in [0.2, 0.25) is 0 Å². The van der Waals surface area contributed by atoms with E-state index in [9.17, 15) is 4.39 Å². The van der Waals surface area contributed by atoms with Gasteiger partial charge in [0.2, 0.25) is 5.88 Å². The Morgan fingerprint density at radius 1 is 1.28 bits per heavy atom. The lowest BCUT2D eigenvalue weighted by atomic mass is 10.2. The second-order valence-electron chi connectivity index (χ2n) is 4.23. The molecule has 2 N–H and O–H groups in total. The molecule has 0 aliphatic carbocycles. The molecule has 1 aromatic carbocycles. The zero-order valence-electron chi connectivity index (χ0n) is 10.4. The van der Waals surface area contributed by atoms with E-state index in [2.05, 4.69) is 4.98 Å². The van der Waals surface area contributed by atoms with E-state index >= 15 is 0 Å². The second kappa shape index (κ2) is 5.14. The number of hydrogen-bond donors (Lipinski definition) is 1. The van der Waals surface area contributed by atoms with Crippen molar-refractivity contribution >= 4 is 0 Å². The molecule has 0 aliphatic heterocycles. The van der Waals surface area contributed by atoms with Crippen molar-refractivity contribution in [3.05, 3.63) is 53.5 Å². The highest BCUT2D eigenvalue weighted by Gasteiger charge is 2.04. The summed E-state index contributed by atoms with van der Waals surface area (Å²) in [7, 11) is 0. The number of nitrogens with zero attached hydrogens (tertiary/aromatic N) is 1. The van der Waals surface area contributed by atoms with E-state index in [1.54, 1.807) is 31.3 Å². The lowest BCUT2D eigenvalue weighted by Crippen LogP contribution is -2.05. The van der Waals surface area contributed by atoms with Crippen LogP contribution in [0.3, 0.4) is 0 Å². The maximum Gasteiger partial charge on any atom is 0.219 e. The van der Waals surface area contributed by atoms with E-state index in [0.717, 1.165) is 5.56 Å². The van der Waals surface area contributed by atoms with Crippen LogP contribution in [0, 0.1) is 12.7 Å². The Kier molecular flexibility index (Phi) is 3.58. The molecular formula is C14H15FN2O. The van der Waals surface area contributed by atoms with Gasteiger partial charge in [0.15, 0.2) is 0 Å². The largest absolute Gasteiger partial charge is 0.439 e. The van der Waals surface area contributed by atoms with Crippen molar-refractivity contribution in [3.63, 3.8) is 0 Å². The van der Waals surface area contributed by atoms with Gasteiger partial charge in [0.1, 0.15) is 11.6 Å². The van der Waals surface area contributed by atoms with E-state index in [0.29, 0.717) is 17.2 Å². The Bertz CT molecular complexity index is 538. The molecule has 1 heterocycles. The molecule has 18 heavy (non-hydrogen) atoms. The lowest BCUT2D eigenvalue weighted by Gasteiger charge is -2.08. The third-order valence-corrected chi connectivity index (χ3v) is 2.65. The third-order valence-electron chi connectivity index (χ3n) is 2.65. The van der Waals surface area contributed by atoms with Crippen LogP contribution in [0.4, 0.5) is 4.39 Å². The first-order valence-electron chi connectivity index (χ1n) is 5.72. The molecule has 0 saturated heterocycles. The molecule has 2 rings (SSSR count). The Labute approximate surface area is 105 Å². The van der Waals surface area contributed by atoms with Gasteiger partial charge in [0, 0.05) is 24.4 Å². The van der Waals surface area contributed by atoms with Crippen LogP contribution in [0.15, 0.2) is 36.5 Å². The summed E-state index contributed by atoms with van der Waals surface area (Å²) in [5, 5.41) is 0. The number of aryl methyl sites for hydroxylation is 1. The number of pyridine rings is 1. The number of aromatic nitrogens is 1. The highest BCUT2D eigenvalue weighted by atomic mass is 19.1. The molecular weight excluding hydrogens is 231 g/mol. The Morgan fingerprint density at radius 2 is 2.06 bits per heavy atom. The van der Waals surface area contributed by atoms with Crippen LogP contribution in [0.5, 0.6) is 11.6 Å². The summed E-state index contributed by atoms with van der Waals surface area (Å²) in [5.41, 5.74) is 7.24. The van der Waals surface area contributed by atoms with Gasteiger partial charge in [-0.3, -0.25) is 0 Å². The molecule has 2 aromatic rings. The summed E-state index contributed by atoms with van der Waals surface area (Å²) >= 11 is 0. The zero-order chi connectivity index (χ0) is 13.1. The highest BCUT2D eigenvalue weighted by Crippen LogP contribution is 2.22. The zero-order valence-corrected chi connectivity index (χ0v) is 10.4. The quantitative estimate of drug-likeness (QED) is 0.903. The Morgan fingerprint density at radius 3 is 2.61 bits per heavy atom. The first kappa shape index (κ1) is 12.5. The van der Waals surface area contributed by atoms with Gasteiger partial charge >= 0.3 is 0 Å². The molecule has 0 saturated carbocycles. The summed E-state index contributed by atoms with van der Waals surface area (Å²) in [6.07, 6.45) is 1.66. The molecule has 0 fully saturated rings. The molecule has 0 aliphatic rings. The van der Waals surface area contributed by atoms with Gasteiger partial charge in [-0.2, -0.15) is 0 Å². The van der Waals surface area contributed by atoms with Crippen molar-refractivity contribution in [1.82, 2.24) is 4.98 Å². The van der Waals surface area contributed by atoms with Crippen LogP contribution in [0.25, 0.3) is 0 Å². The summed E-state index contributed by atoms with van der Waals surface area (Å²) in [6.45, 7) is 3.59. The van der Waals surface area contributed by atoms with Gasteiger partial charge in [-0.15, -0.1) is 0 Å². The molecule has 0 radical (unpaired) electrons. The van der Waals surface area contributed by atoms with E-state index in [4.69, 9.17) is 10.5 Å². The predicted molar refractivity (Wildman–Crippen MR) is 68.1 cm³/mol. The van der Waals surface area contributed by atoms with Crippen molar-refractivity contribution in [3.8, 4) is 11.6 Å². The van der Waals surface area contributed by atoms with E-state index < -0.39 is 0 Å². The second-order valence-corrected chi connectivity index (χ2v) is 4.23. The van der Waals surface area contributed by atoms with Crippen molar-refractivity contribution in [2.45, 2.75) is 19.9 Å². The van der Waals surface area contributed by atoms with Gasteiger partial charge in [-0.1, -0.05) is 12.1 Å². The van der Waals surface area contributed by atoms with Crippen molar-refractivity contribution in [2.75, 3.05) is 0 Å². The minimum atomic E-state index is -0.292. The predicted octanol–water partition coefficient (Wildman–Crippen LogP) is 3.34. The van der Waals surface area contributed by atoms with Crippen LogP contribution in [-0.2, 0) is 0 Å². The first-order valence-corrected chi connectivity index (χ1v) is 5.72. The lowest BCUT2D eigenvalue weighted by molar-refractivity contribution is 0.457. The number of rotatable bonds is 3. The van der Waals surface area contributed by atoms with E-state index in [-0.39, 0.29) is 11.9 Å². The smallest absolute Gasteiger partial charge is 0.219 e. The van der Waals surface area contributed by atoms with Crippen molar-refractivity contribution < 1.29 is 9.13 Å². The maximum absolute atomic E-state index is 13.3. The Balaban J connectivity index is 2.15. The van der Waals surface area contributed by atoms with Gasteiger partial charge in [-0.25, -0.2) is 9.37 Å². The minimum Gasteiger partial charge on any atom is -0.439 e. The Hall–Kier alpha value is -1.94. The number of hydrogen-bond acceptors (Lipinski definition) is 3. The third kappa shape index (κ3) is 2.84. The number of ether oxygens (including phenoxy) is 1.